The van der Waals surface area contributed by atoms with Crippen LogP contribution in [0.5, 0.6) is 0 Å². The first kappa shape index (κ1) is 15.0. The number of hydrogen-bond donors (Lipinski definition) is 4. The van der Waals surface area contributed by atoms with Crippen LogP contribution in [0.4, 0.5) is 17.1 Å². The number of nitrogens with zero attached hydrogens (tertiary/aromatic N) is 2. The Hall–Kier alpha value is -3.54. The Morgan fingerprint density at radius 3 is 2.60 bits per heavy atom. The fourth-order valence-electron chi connectivity index (χ4n) is 3.05. The summed E-state index contributed by atoms with van der Waals surface area (Å²) in [4.78, 5) is 12.3. The molecule has 25 heavy (non-hydrogen) atoms. The van der Waals surface area contributed by atoms with E-state index in [0.717, 1.165) is 22.2 Å². The van der Waals surface area contributed by atoms with Gasteiger partial charge in [-0.25, -0.2) is 9.97 Å². The van der Waals surface area contributed by atoms with Crippen LogP contribution >= 0.6 is 0 Å². The van der Waals surface area contributed by atoms with Gasteiger partial charge in [-0.15, -0.1) is 0 Å². The first-order valence-electron chi connectivity index (χ1n) is 7.90. The van der Waals surface area contributed by atoms with E-state index in [1.807, 2.05) is 18.3 Å². The number of hydrogen-bond acceptors (Lipinski definition) is 5. The number of nitrogens with two attached hydrogens (primary N) is 3. The molecule has 0 amide bonds. The lowest BCUT2D eigenvalue weighted by atomic mass is 10.1. The lowest BCUT2D eigenvalue weighted by Crippen LogP contribution is -2.03. The smallest absolute Gasteiger partial charge is 0.164 e. The second kappa shape index (κ2) is 5.52. The third kappa shape index (κ3) is 2.35. The quantitative estimate of drug-likeness (QED) is 0.420. The van der Waals surface area contributed by atoms with E-state index in [-0.39, 0.29) is 0 Å². The molecule has 2 heterocycles. The van der Waals surface area contributed by atoms with E-state index in [2.05, 4.69) is 34.0 Å². The van der Waals surface area contributed by atoms with Crippen molar-refractivity contribution < 1.29 is 0 Å². The highest BCUT2D eigenvalue weighted by Crippen LogP contribution is 2.35. The highest BCUT2D eigenvalue weighted by atomic mass is 14.9. The topological polar surface area (TPSA) is 120 Å². The van der Waals surface area contributed by atoms with E-state index >= 15 is 0 Å². The van der Waals surface area contributed by atoms with Crippen LogP contribution in [0, 0.1) is 6.92 Å². The van der Waals surface area contributed by atoms with Gasteiger partial charge >= 0.3 is 0 Å². The van der Waals surface area contributed by atoms with Gasteiger partial charge in [-0.3, -0.25) is 0 Å². The van der Waals surface area contributed by atoms with E-state index in [1.54, 1.807) is 18.3 Å². The summed E-state index contributed by atoms with van der Waals surface area (Å²) >= 11 is 0. The maximum Gasteiger partial charge on any atom is 0.164 e. The van der Waals surface area contributed by atoms with Gasteiger partial charge in [0.2, 0.25) is 0 Å². The Kier molecular flexibility index (Phi) is 3.32. The van der Waals surface area contributed by atoms with Gasteiger partial charge in [-0.05, 0) is 30.7 Å². The Balaban J connectivity index is 1.91. The van der Waals surface area contributed by atoms with Gasteiger partial charge in [0.15, 0.2) is 5.82 Å². The van der Waals surface area contributed by atoms with Gasteiger partial charge in [-0.2, -0.15) is 0 Å². The number of aromatic nitrogens is 3. The van der Waals surface area contributed by atoms with Crippen LogP contribution in [0.3, 0.4) is 0 Å². The van der Waals surface area contributed by atoms with E-state index < -0.39 is 0 Å². The first-order valence-corrected chi connectivity index (χ1v) is 7.90. The number of nitrogen functional groups attached to an aromatic ring is 3. The summed E-state index contributed by atoms with van der Waals surface area (Å²) in [5, 5.41) is 1.11. The van der Waals surface area contributed by atoms with Crippen molar-refractivity contribution in [2.75, 3.05) is 17.2 Å². The highest BCUT2D eigenvalue weighted by molar-refractivity contribution is 5.97. The first-order chi connectivity index (χ1) is 12.1. The molecular formula is C19H18N6. The van der Waals surface area contributed by atoms with Crippen LogP contribution in [0.2, 0.25) is 0 Å². The molecule has 0 atom stereocenters. The number of benzene rings is 2. The highest BCUT2D eigenvalue weighted by Gasteiger charge is 2.15. The van der Waals surface area contributed by atoms with Gasteiger partial charge in [0.25, 0.3) is 0 Å². The molecule has 0 bridgehead atoms. The molecule has 0 fully saturated rings. The number of anilines is 3. The summed E-state index contributed by atoms with van der Waals surface area (Å²) in [6.07, 6.45) is 3.66. The second-order valence-corrected chi connectivity index (χ2v) is 6.00. The number of nitrogens with one attached hydrogen (secondary N) is 1. The molecule has 0 aliphatic carbocycles. The van der Waals surface area contributed by atoms with Gasteiger partial charge in [0, 0.05) is 34.5 Å². The molecule has 0 spiro atoms. The lowest BCUT2D eigenvalue weighted by Gasteiger charge is -2.11. The predicted molar refractivity (Wildman–Crippen MR) is 103 cm³/mol. The van der Waals surface area contributed by atoms with Crippen molar-refractivity contribution in [2.24, 2.45) is 0 Å². The molecule has 4 aromatic rings. The number of aromatic amines is 1. The zero-order chi connectivity index (χ0) is 17.6. The summed E-state index contributed by atoms with van der Waals surface area (Å²) in [6, 6.07) is 11.4. The summed E-state index contributed by atoms with van der Waals surface area (Å²) in [6.45, 7) is 2.07. The Bertz CT molecular complexity index is 1100. The van der Waals surface area contributed by atoms with E-state index in [1.165, 1.54) is 5.56 Å². The van der Waals surface area contributed by atoms with Crippen molar-refractivity contribution in [3.8, 4) is 22.6 Å². The standard InChI is InChI=1S/C19H18N6/c1-10-3-2-4-11-12(9-24-18(10)11)15-7-8-23-19(25-15)16-13(20)5-6-14(21)17(16)22/h2-9,24H,20-22H2,1H3. The van der Waals surface area contributed by atoms with E-state index in [4.69, 9.17) is 17.2 Å². The minimum atomic E-state index is 0.395. The van der Waals surface area contributed by atoms with Crippen LogP contribution in [0.15, 0.2) is 48.8 Å². The molecule has 6 nitrogen and oxygen atoms in total. The zero-order valence-corrected chi connectivity index (χ0v) is 13.7. The van der Waals surface area contributed by atoms with Crippen molar-refractivity contribution in [1.29, 1.82) is 0 Å². The van der Waals surface area contributed by atoms with Crippen molar-refractivity contribution >= 4 is 28.0 Å². The Labute approximate surface area is 144 Å². The van der Waals surface area contributed by atoms with Gasteiger partial charge in [0.1, 0.15) is 0 Å². The molecule has 6 heteroatoms. The van der Waals surface area contributed by atoms with E-state index in [0.29, 0.717) is 28.5 Å². The largest absolute Gasteiger partial charge is 0.398 e. The van der Waals surface area contributed by atoms with Crippen LogP contribution in [-0.4, -0.2) is 15.0 Å². The molecule has 0 aliphatic rings. The van der Waals surface area contributed by atoms with Crippen LogP contribution in [0.25, 0.3) is 33.5 Å². The molecule has 7 N–H and O–H groups in total. The fraction of sp³-hybridized carbons (Fsp3) is 0.0526. The van der Waals surface area contributed by atoms with Gasteiger partial charge < -0.3 is 22.2 Å². The third-order valence-electron chi connectivity index (χ3n) is 4.39. The number of rotatable bonds is 2. The molecule has 124 valence electrons. The summed E-state index contributed by atoms with van der Waals surface area (Å²) in [7, 11) is 0. The molecular weight excluding hydrogens is 312 g/mol. The third-order valence-corrected chi connectivity index (χ3v) is 4.39. The molecule has 0 saturated heterocycles. The fourth-order valence-corrected chi connectivity index (χ4v) is 3.05. The van der Waals surface area contributed by atoms with Crippen molar-refractivity contribution in [3.05, 3.63) is 54.4 Å². The minimum Gasteiger partial charge on any atom is -0.398 e. The molecule has 4 rings (SSSR count). The molecule has 0 radical (unpaired) electrons. The second-order valence-electron chi connectivity index (χ2n) is 6.00. The molecule has 0 saturated carbocycles. The Morgan fingerprint density at radius 1 is 0.960 bits per heavy atom. The van der Waals surface area contributed by atoms with Crippen LogP contribution in [-0.2, 0) is 0 Å². The minimum absolute atomic E-state index is 0.395. The average Bonchev–Trinajstić information content (AvgIpc) is 3.04. The number of aryl methyl sites for hydroxylation is 1. The number of para-hydroxylation sites is 1. The summed E-state index contributed by atoms with van der Waals surface area (Å²) in [5.74, 6) is 0.460. The monoisotopic (exact) mass is 330 g/mol. The van der Waals surface area contributed by atoms with Gasteiger partial charge in [-0.1, -0.05) is 18.2 Å². The van der Waals surface area contributed by atoms with Crippen LogP contribution < -0.4 is 17.2 Å². The molecule has 0 aliphatic heterocycles. The predicted octanol–water partition coefficient (Wildman–Crippen LogP) is 3.35. The molecule has 2 aromatic heterocycles. The zero-order valence-electron chi connectivity index (χ0n) is 13.7. The van der Waals surface area contributed by atoms with Gasteiger partial charge in [0.05, 0.1) is 22.6 Å². The number of fused-ring (bicyclic) bond motifs is 1. The summed E-state index contributed by atoms with van der Waals surface area (Å²) < 4.78 is 0. The Morgan fingerprint density at radius 2 is 1.76 bits per heavy atom. The maximum absolute atomic E-state index is 6.10. The SMILES string of the molecule is Cc1cccc2c(-c3ccnc(-c4c(N)ccc(N)c4N)n3)c[nH]c12. The van der Waals surface area contributed by atoms with Crippen LogP contribution in [0.1, 0.15) is 5.56 Å². The van der Waals surface area contributed by atoms with Crippen molar-refractivity contribution in [3.63, 3.8) is 0 Å². The molecule has 2 aromatic carbocycles. The number of H-pyrrole nitrogens is 1. The molecule has 0 unspecified atom stereocenters. The lowest BCUT2D eigenvalue weighted by molar-refractivity contribution is 1.18. The van der Waals surface area contributed by atoms with Crippen molar-refractivity contribution in [2.45, 2.75) is 6.92 Å². The normalized spacial score (nSPS) is 11.1. The maximum atomic E-state index is 6.10. The van der Waals surface area contributed by atoms with E-state index in [9.17, 15) is 0 Å². The van der Waals surface area contributed by atoms with Crippen molar-refractivity contribution in [1.82, 2.24) is 15.0 Å². The summed E-state index contributed by atoms with van der Waals surface area (Å²) in [5.41, 5.74) is 24.1. The average molecular weight is 330 g/mol.